The van der Waals surface area contributed by atoms with E-state index < -0.39 is 16.2 Å². The maximum Gasteiger partial charge on any atom is 0.269 e. The highest BCUT2D eigenvalue weighted by Gasteiger charge is 2.61. The number of carbonyl (C=O) groups is 2. The molecule has 1 aromatic heterocycles. The summed E-state index contributed by atoms with van der Waals surface area (Å²) in [4.78, 5) is 38.1. The van der Waals surface area contributed by atoms with Crippen LogP contribution in [0.5, 0.6) is 0 Å². The molecule has 3 aliphatic rings. The Morgan fingerprint density at radius 2 is 1.87 bits per heavy atom. The van der Waals surface area contributed by atoms with E-state index in [1.165, 1.54) is 18.2 Å². The normalized spacial score (nSPS) is 20.4. The largest absolute Gasteiger partial charge is 0.338 e. The number of aromatic nitrogens is 1. The molecule has 2 N–H and O–H groups in total. The Labute approximate surface area is 168 Å². The summed E-state index contributed by atoms with van der Waals surface area (Å²) in [5, 5.41) is 21.4. The summed E-state index contributed by atoms with van der Waals surface area (Å²) in [5.74, 6) is -0.542. The summed E-state index contributed by atoms with van der Waals surface area (Å²) in [5.41, 5.74) is 1.55. The Balaban J connectivity index is 1.77. The topological polar surface area (TPSA) is 127 Å². The lowest BCUT2D eigenvalue weighted by Crippen LogP contribution is -2.43. The highest BCUT2D eigenvalue weighted by atomic mass is 16.6. The number of Topliss-reactive ketones (excluding diaryl/α,β-unsaturated/α-hetero) is 1. The second kappa shape index (κ2) is 5.20. The number of nitro benzene ring substituents is 1. The van der Waals surface area contributed by atoms with E-state index >= 15 is 0 Å². The number of anilines is 2. The van der Waals surface area contributed by atoms with Crippen LogP contribution >= 0.6 is 0 Å². The zero-order chi connectivity index (χ0) is 20.8. The van der Waals surface area contributed by atoms with Gasteiger partial charge in [-0.05, 0) is 13.0 Å². The first-order valence-electron chi connectivity index (χ1n) is 9.17. The number of hydrogen-bond acceptors (Lipinski definition) is 7. The standard InChI is InChI=1S/C21H12N4O5/c1-9-15-19(30-24-9)23-17-11-4-2-3-5-12(11)18(26)16(17)21(15)13-8-10(25(28)29)6-7-14(13)22-20(21)27/h2-8,23H,1H3,(H,22,27). The molecule has 1 spiro atoms. The number of rotatable bonds is 1. The lowest BCUT2D eigenvalue weighted by molar-refractivity contribution is -0.384. The van der Waals surface area contributed by atoms with Gasteiger partial charge in [-0.15, -0.1) is 0 Å². The predicted molar refractivity (Wildman–Crippen MR) is 105 cm³/mol. The van der Waals surface area contributed by atoms with Crippen LogP contribution in [0.25, 0.3) is 5.70 Å². The molecule has 0 saturated carbocycles. The van der Waals surface area contributed by atoms with Crippen LogP contribution in [-0.2, 0) is 10.2 Å². The van der Waals surface area contributed by atoms with E-state index in [4.69, 9.17) is 4.52 Å². The highest BCUT2D eigenvalue weighted by molar-refractivity contribution is 6.31. The van der Waals surface area contributed by atoms with Crippen LogP contribution in [0.4, 0.5) is 17.3 Å². The fraction of sp³-hybridized carbons (Fsp3) is 0.0952. The first kappa shape index (κ1) is 16.7. The lowest BCUT2D eigenvalue weighted by Gasteiger charge is -2.33. The van der Waals surface area contributed by atoms with Crippen molar-refractivity contribution >= 4 is 34.6 Å². The van der Waals surface area contributed by atoms with Gasteiger partial charge in [0.05, 0.1) is 21.9 Å². The fourth-order valence-electron chi connectivity index (χ4n) is 4.80. The van der Waals surface area contributed by atoms with Gasteiger partial charge in [-0.1, -0.05) is 29.4 Å². The van der Waals surface area contributed by atoms with Gasteiger partial charge in [-0.3, -0.25) is 19.7 Å². The summed E-state index contributed by atoms with van der Waals surface area (Å²) in [6, 6.07) is 11.2. The maximum atomic E-state index is 13.6. The number of nitro groups is 1. The first-order chi connectivity index (χ1) is 14.4. The number of nitrogens with zero attached hydrogens (tertiary/aromatic N) is 2. The maximum absolute atomic E-state index is 13.6. The molecule has 9 heteroatoms. The molecule has 146 valence electrons. The van der Waals surface area contributed by atoms with Crippen molar-refractivity contribution in [1.29, 1.82) is 0 Å². The fourth-order valence-corrected chi connectivity index (χ4v) is 4.80. The van der Waals surface area contributed by atoms with Crippen LogP contribution in [0.15, 0.2) is 52.6 Å². The van der Waals surface area contributed by atoms with Gasteiger partial charge in [0.15, 0.2) is 5.78 Å². The molecule has 0 bridgehead atoms. The van der Waals surface area contributed by atoms with Gasteiger partial charge in [0.25, 0.3) is 5.69 Å². The smallest absolute Gasteiger partial charge is 0.269 e. The van der Waals surface area contributed by atoms with Crippen molar-refractivity contribution in [2.24, 2.45) is 0 Å². The molecule has 30 heavy (non-hydrogen) atoms. The van der Waals surface area contributed by atoms with Crippen LogP contribution in [0, 0.1) is 17.0 Å². The van der Waals surface area contributed by atoms with Gasteiger partial charge >= 0.3 is 0 Å². The summed E-state index contributed by atoms with van der Waals surface area (Å²) < 4.78 is 5.45. The zero-order valence-corrected chi connectivity index (χ0v) is 15.5. The van der Waals surface area contributed by atoms with Gasteiger partial charge in [0, 0.05) is 40.1 Å². The molecule has 0 fully saturated rings. The van der Waals surface area contributed by atoms with Gasteiger partial charge in [0.2, 0.25) is 11.8 Å². The molecule has 3 heterocycles. The molecule has 0 radical (unpaired) electrons. The van der Waals surface area contributed by atoms with Crippen LogP contribution < -0.4 is 10.6 Å². The molecule has 1 amide bonds. The number of non-ortho nitro benzene ring substituents is 1. The van der Waals surface area contributed by atoms with Crippen LogP contribution in [0.3, 0.4) is 0 Å². The molecule has 9 nitrogen and oxygen atoms in total. The SMILES string of the molecule is Cc1noc2c1C1(C(=O)Nc3ccc([N+](=O)[O-])cc31)C1=C(N2)c2ccccc2C1=O. The third-order valence-electron chi connectivity index (χ3n) is 5.98. The molecule has 1 atom stereocenters. The van der Waals surface area contributed by atoms with E-state index in [1.807, 2.05) is 0 Å². The summed E-state index contributed by atoms with van der Waals surface area (Å²) in [6.07, 6.45) is 0. The average molecular weight is 400 g/mol. The molecule has 2 aliphatic heterocycles. The van der Waals surface area contributed by atoms with Crippen LogP contribution in [0.2, 0.25) is 0 Å². The van der Waals surface area contributed by atoms with E-state index in [1.54, 1.807) is 31.2 Å². The number of fused-ring (bicyclic) bond motifs is 7. The number of ketones is 1. The predicted octanol–water partition coefficient (Wildman–Crippen LogP) is 3.16. The quantitative estimate of drug-likeness (QED) is 0.474. The highest BCUT2D eigenvalue weighted by Crippen LogP contribution is 2.58. The molecule has 6 rings (SSSR count). The van der Waals surface area contributed by atoms with Crippen LogP contribution in [-0.4, -0.2) is 21.8 Å². The number of aryl methyl sites for hydroxylation is 1. The van der Waals surface area contributed by atoms with Gasteiger partial charge in [0.1, 0.15) is 5.41 Å². The van der Waals surface area contributed by atoms with Gasteiger partial charge in [-0.2, -0.15) is 0 Å². The second-order valence-electron chi connectivity index (χ2n) is 7.41. The van der Waals surface area contributed by atoms with Crippen molar-refractivity contribution in [3.8, 4) is 0 Å². The third kappa shape index (κ3) is 1.71. The van der Waals surface area contributed by atoms with Crippen molar-refractivity contribution in [2.75, 3.05) is 10.6 Å². The molecule has 3 aromatic rings. The van der Waals surface area contributed by atoms with Crippen molar-refractivity contribution in [3.05, 3.63) is 86.1 Å². The molecular weight excluding hydrogens is 388 g/mol. The minimum absolute atomic E-state index is 0.177. The molecular formula is C21H12N4O5. The summed E-state index contributed by atoms with van der Waals surface area (Å²) in [6.45, 7) is 1.67. The molecule has 1 aliphatic carbocycles. The average Bonchev–Trinajstić information content (AvgIpc) is 3.34. The Kier molecular flexibility index (Phi) is 2.89. The second-order valence-corrected chi connectivity index (χ2v) is 7.41. The lowest BCUT2D eigenvalue weighted by atomic mass is 9.67. The van der Waals surface area contributed by atoms with Crippen LogP contribution in [0.1, 0.15) is 32.7 Å². The monoisotopic (exact) mass is 400 g/mol. The van der Waals surface area contributed by atoms with E-state index in [9.17, 15) is 19.7 Å². The number of benzene rings is 2. The Morgan fingerprint density at radius 1 is 1.10 bits per heavy atom. The zero-order valence-electron chi connectivity index (χ0n) is 15.5. The molecule has 1 unspecified atom stereocenters. The number of hydrogen-bond donors (Lipinski definition) is 2. The Bertz CT molecular complexity index is 1390. The minimum Gasteiger partial charge on any atom is -0.338 e. The number of carbonyl (C=O) groups excluding carboxylic acids is 2. The number of amides is 1. The van der Waals surface area contributed by atoms with Crippen molar-refractivity contribution in [1.82, 2.24) is 5.16 Å². The minimum atomic E-state index is -1.60. The number of nitrogens with one attached hydrogen (secondary N) is 2. The molecule has 0 saturated heterocycles. The Hall–Kier alpha value is -4.27. The van der Waals surface area contributed by atoms with Crippen molar-refractivity contribution in [2.45, 2.75) is 12.3 Å². The van der Waals surface area contributed by atoms with E-state index in [2.05, 4.69) is 15.8 Å². The van der Waals surface area contributed by atoms with Crippen molar-refractivity contribution < 1.29 is 19.0 Å². The third-order valence-corrected chi connectivity index (χ3v) is 5.98. The van der Waals surface area contributed by atoms with E-state index in [0.717, 1.165) is 0 Å². The van der Waals surface area contributed by atoms with Gasteiger partial charge in [-0.25, -0.2) is 0 Å². The van der Waals surface area contributed by atoms with Crippen molar-refractivity contribution in [3.63, 3.8) is 0 Å². The van der Waals surface area contributed by atoms with Gasteiger partial charge < -0.3 is 15.2 Å². The summed E-state index contributed by atoms with van der Waals surface area (Å²) >= 11 is 0. The first-order valence-corrected chi connectivity index (χ1v) is 9.17. The van der Waals surface area contributed by atoms with E-state index in [-0.39, 0.29) is 22.9 Å². The Morgan fingerprint density at radius 3 is 2.63 bits per heavy atom. The van der Waals surface area contributed by atoms with E-state index in [0.29, 0.717) is 39.3 Å². The summed E-state index contributed by atoms with van der Waals surface area (Å²) in [7, 11) is 0. The molecule has 2 aromatic carbocycles.